The molecule has 0 fully saturated rings. The minimum Gasteiger partial charge on any atom is -0.349 e. The summed E-state index contributed by atoms with van der Waals surface area (Å²) in [5.74, 6) is 0.0186. The van der Waals surface area contributed by atoms with E-state index in [4.69, 9.17) is 0 Å². The first-order valence-corrected chi connectivity index (χ1v) is 8.83. The third-order valence-electron chi connectivity index (χ3n) is 3.86. The number of fused-ring (bicyclic) bond motifs is 1. The summed E-state index contributed by atoms with van der Waals surface area (Å²) < 4.78 is 1.91. The van der Waals surface area contributed by atoms with Crippen LogP contribution in [-0.4, -0.2) is 11.9 Å². The van der Waals surface area contributed by atoms with E-state index < -0.39 is 0 Å². The second kappa shape index (κ2) is 6.48. The van der Waals surface area contributed by atoms with Crippen LogP contribution < -0.4 is 5.32 Å². The zero-order valence-corrected chi connectivity index (χ0v) is 15.1. The van der Waals surface area contributed by atoms with Crippen molar-refractivity contribution in [2.24, 2.45) is 0 Å². The zero-order valence-electron chi connectivity index (χ0n) is 11.4. The van der Waals surface area contributed by atoms with Gasteiger partial charge in [0.1, 0.15) is 0 Å². The number of nitrogens with one attached hydrogen (secondary N) is 1. The Kier molecular flexibility index (Phi) is 4.64. The summed E-state index contributed by atoms with van der Waals surface area (Å²) >= 11 is 5.63. The summed E-state index contributed by atoms with van der Waals surface area (Å²) in [7, 11) is 0. The molecule has 1 atom stereocenters. The molecule has 1 aliphatic rings. The lowest BCUT2D eigenvalue weighted by Gasteiger charge is -2.25. The lowest BCUT2D eigenvalue weighted by Crippen LogP contribution is -2.39. The molecule has 21 heavy (non-hydrogen) atoms. The smallest absolute Gasteiger partial charge is 0.252 e. The average molecular weight is 456 g/mol. The van der Waals surface area contributed by atoms with E-state index in [1.807, 2.05) is 18.2 Å². The van der Waals surface area contributed by atoms with Crippen LogP contribution in [0.1, 0.15) is 27.9 Å². The van der Waals surface area contributed by atoms with E-state index in [0.717, 1.165) is 32.9 Å². The van der Waals surface area contributed by atoms with Crippen molar-refractivity contribution < 1.29 is 4.79 Å². The highest BCUT2D eigenvalue weighted by molar-refractivity contribution is 14.1. The second-order valence-electron chi connectivity index (χ2n) is 5.31. The number of carbonyl (C=O) groups is 1. The molecule has 108 valence electrons. The van der Waals surface area contributed by atoms with Crippen molar-refractivity contribution >= 4 is 44.4 Å². The Bertz CT molecular complexity index is 686. The van der Waals surface area contributed by atoms with Gasteiger partial charge >= 0.3 is 0 Å². The van der Waals surface area contributed by atoms with Crippen LogP contribution in [-0.2, 0) is 12.8 Å². The van der Waals surface area contributed by atoms with Crippen molar-refractivity contribution in [1.29, 1.82) is 0 Å². The highest BCUT2D eigenvalue weighted by atomic mass is 127. The van der Waals surface area contributed by atoms with Gasteiger partial charge in [-0.25, -0.2) is 0 Å². The van der Waals surface area contributed by atoms with Crippen LogP contribution in [0.4, 0.5) is 0 Å². The monoisotopic (exact) mass is 455 g/mol. The fourth-order valence-corrected chi connectivity index (χ4v) is 3.70. The van der Waals surface area contributed by atoms with Gasteiger partial charge in [0.2, 0.25) is 0 Å². The third-order valence-corrected chi connectivity index (χ3v) is 5.29. The molecule has 1 unspecified atom stereocenters. The fraction of sp³-hybridized carbons (Fsp3) is 0.235. The van der Waals surface area contributed by atoms with Crippen LogP contribution >= 0.6 is 38.5 Å². The van der Waals surface area contributed by atoms with Gasteiger partial charge in [0.25, 0.3) is 5.91 Å². The lowest BCUT2D eigenvalue weighted by molar-refractivity contribution is 0.0932. The Morgan fingerprint density at radius 1 is 1.19 bits per heavy atom. The maximum atomic E-state index is 12.5. The first kappa shape index (κ1) is 15.0. The summed E-state index contributed by atoms with van der Waals surface area (Å²) in [4.78, 5) is 12.5. The Morgan fingerprint density at radius 3 is 2.76 bits per heavy atom. The minimum atomic E-state index is 0.0186. The molecular formula is C17H15BrINO. The molecule has 1 N–H and O–H groups in total. The Labute approximate surface area is 146 Å². The van der Waals surface area contributed by atoms with Gasteiger partial charge in [-0.2, -0.15) is 0 Å². The van der Waals surface area contributed by atoms with E-state index in [1.54, 1.807) is 0 Å². The maximum Gasteiger partial charge on any atom is 0.252 e. The molecule has 2 nitrogen and oxygen atoms in total. The summed E-state index contributed by atoms with van der Waals surface area (Å²) in [5.41, 5.74) is 3.52. The summed E-state index contributed by atoms with van der Waals surface area (Å²) in [5, 5.41) is 3.18. The second-order valence-corrected chi connectivity index (χ2v) is 7.38. The van der Waals surface area contributed by atoms with Crippen molar-refractivity contribution in [3.63, 3.8) is 0 Å². The van der Waals surface area contributed by atoms with Crippen molar-refractivity contribution in [3.05, 3.63) is 67.2 Å². The molecule has 1 amide bonds. The number of halogens is 2. The van der Waals surface area contributed by atoms with Crippen molar-refractivity contribution in [2.45, 2.75) is 25.3 Å². The van der Waals surface area contributed by atoms with Gasteiger partial charge in [-0.05, 0) is 71.2 Å². The van der Waals surface area contributed by atoms with E-state index in [9.17, 15) is 4.79 Å². The van der Waals surface area contributed by atoms with Gasteiger partial charge in [0, 0.05) is 14.1 Å². The standard InChI is InChI=1S/C17H15BrINO/c18-13-6-8-16(19)15(10-13)17(21)20-14-7-5-11-3-1-2-4-12(11)9-14/h1-4,6,8,10,14H,5,7,9H2,(H,20,21). The fourth-order valence-electron chi connectivity index (χ4n) is 2.76. The molecule has 0 heterocycles. The zero-order chi connectivity index (χ0) is 14.8. The first-order valence-electron chi connectivity index (χ1n) is 6.96. The Morgan fingerprint density at radius 2 is 1.95 bits per heavy atom. The van der Waals surface area contributed by atoms with E-state index in [2.05, 4.69) is 68.1 Å². The van der Waals surface area contributed by atoms with E-state index in [-0.39, 0.29) is 11.9 Å². The molecule has 1 aliphatic carbocycles. The van der Waals surface area contributed by atoms with E-state index in [0.29, 0.717) is 0 Å². The van der Waals surface area contributed by atoms with Crippen LogP contribution in [0.2, 0.25) is 0 Å². The summed E-state index contributed by atoms with van der Waals surface area (Å²) in [6.45, 7) is 0. The van der Waals surface area contributed by atoms with E-state index in [1.165, 1.54) is 11.1 Å². The van der Waals surface area contributed by atoms with Crippen molar-refractivity contribution in [1.82, 2.24) is 5.32 Å². The van der Waals surface area contributed by atoms with Crippen LogP contribution in [0, 0.1) is 3.57 Å². The Balaban J connectivity index is 1.73. The largest absolute Gasteiger partial charge is 0.349 e. The number of hydrogen-bond donors (Lipinski definition) is 1. The number of benzene rings is 2. The highest BCUT2D eigenvalue weighted by Crippen LogP contribution is 2.22. The SMILES string of the molecule is O=C(NC1CCc2ccccc2C1)c1cc(Br)ccc1I. The number of rotatable bonds is 2. The molecule has 0 aliphatic heterocycles. The normalized spacial score (nSPS) is 17.1. The Hall–Kier alpha value is -0.880. The molecule has 0 bridgehead atoms. The van der Waals surface area contributed by atoms with Crippen LogP contribution in [0.25, 0.3) is 0 Å². The molecule has 3 rings (SSSR count). The van der Waals surface area contributed by atoms with Gasteiger partial charge in [0.15, 0.2) is 0 Å². The molecule has 0 spiro atoms. The maximum absolute atomic E-state index is 12.5. The van der Waals surface area contributed by atoms with Crippen molar-refractivity contribution in [3.8, 4) is 0 Å². The van der Waals surface area contributed by atoms with Gasteiger partial charge in [-0.1, -0.05) is 40.2 Å². The molecule has 0 aromatic heterocycles. The number of carbonyl (C=O) groups excluding carboxylic acids is 1. The van der Waals surface area contributed by atoms with Crippen LogP contribution in [0.5, 0.6) is 0 Å². The van der Waals surface area contributed by atoms with Crippen LogP contribution in [0.3, 0.4) is 0 Å². The predicted molar refractivity (Wildman–Crippen MR) is 96.6 cm³/mol. The lowest BCUT2D eigenvalue weighted by atomic mass is 9.88. The molecule has 0 radical (unpaired) electrons. The molecule has 0 saturated carbocycles. The van der Waals surface area contributed by atoms with Gasteiger partial charge in [-0.3, -0.25) is 4.79 Å². The number of amides is 1. The molecule has 4 heteroatoms. The summed E-state index contributed by atoms with van der Waals surface area (Å²) in [6.07, 6.45) is 2.97. The predicted octanol–water partition coefficient (Wildman–Crippen LogP) is 4.34. The van der Waals surface area contributed by atoms with E-state index >= 15 is 0 Å². The highest BCUT2D eigenvalue weighted by Gasteiger charge is 2.21. The molecular weight excluding hydrogens is 441 g/mol. The molecule has 2 aromatic carbocycles. The summed E-state index contributed by atoms with van der Waals surface area (Å²) in [6, 6.07) is 14.5. The minimum absolute atomic E-state index is 0.0186. The number of aryl methyl sites for hydroxylation is 1. The topological polar surface area (TPSA) is 29.1 Å². The quantitative estimate of drug-likeness (QED) is 0.670. The number of hydrogen-bond acceptors (Lipinski definition) is 1. The molecule has 2 aromatic rings. The molecule has 0 saturated heterocycles. The third kappa shape index (κ3) is 3.48. The van der Waals surface area contributed by atoms with Gasteiger partial charge < -0.3 is 5.32 Å². The van der Waals surface area contributed by atoms with Gasteiger partial charge in [-0.15, -0.1) is 0 Å². The van der Waals surface area contributed by atoms with Gasteiger partial charge in [0.05, 0.1) is 5.56 Å². The van der Waals surface area contributed by atoms with Crippen molar-refractivity contribution in [2.75, 3.05) is 0 Å². The van der Waals surface area contributed by atoms with Crippen LogP contribution in [0.15, 0.2) is 46.9 Å². The first-order chi connectivity index (χ1) is 10.1. The average Bonchev–Trinajstić information content (AvgIpc) is 2.49.